The van der Waals surface area contributed by atoms with Crippen molar-refractivity contribution >= 4 is 46.7 Å². The molecule has 0 saturated carbocycles. The molecular weight excluding hydrogens is 477 g/mol. The number of hydrogen-bond donors (Lipinski definition) is 1. The lowest BCUT2D eigenvalue weighted by Gasteiger charge is -2.36. The summed E-state index contributed by atoms with van der Waals surface area (Å²) in [6.45, 7) is 12.9. The van der Waals surface area contributed by atoms with Gasteiger partial charge in [-0.15, -0.1) is 0 Å². The van der Waals surface area contributed by atoms with Crippen LogP contribution in [-0.4, -0.2) is 63.5 Å². The summed E-state index contributed by atoms with van der Waals surface area (Å²) in [6, 6.07) is 3.34. The number of anilines is 2. The van der Waals surface area contributed by atoms with Gasteiger partial charge in [-0.25, -0.2) is 9.78 Å². The van der Waals surface area contributed by atoms with Gasteiger partial charge in [0.25, 0.3) is 5.91 Å². The molecule has 2 amide bonds. The molecule has 1 aliphatic heterocycles. The van der Waals surface area contributed by atoms with E-state index in [-0.39, 0.29) is 39.5 Å². The number of aryl methyl sites for hydroxylation is 1. The molecule has 0 spiro atoms. The predicted octanol–water partition coefficient (Wildman–Crippen LogP) is 5.65. The zero-order valence-corrected chi connectivity index (χ0v) is 21.9. The molecule has 1 saturated heterocycles. The van der Waals surface area contributed by atoms with E-state index in [0.717, 1.165) is 16.9 Å². The van der Waals surface area contributed by atoms with Crippen LogP contribution in [0.15, 0.2) is 18.3 Å². The first-order valence-corrected chi connectivity index (χ1v) is 12.0. The third-order valence-electron chi connectivity index (χ3n) is 5.35. The van der Waals surface area contributed by atoms with Crippen LogP contribution in [0.25, 0.3) is 0 Å². The number of ether oxygens (including phenoxy) is 1. The molecule has 3 heterocycles. The second-order valence-corrected chi connectivity index (χ2v) is 10.4. The number of hydrogen-bond acceptors (Lipinski definition) is 6. The van der Waals surface area contributed by atoms with E-state index in [2.05, 4.69) is 15.3 Å². The van der Waals surface area contributed by atoms with E-state index in [1.165, 1.54) is 6.07 Å². The highest BCUT2D eigenvalue weighted by Crippen LogP contribution is 2.33. The molecule has 1 N–H and O–H groups in total. The molecule has 34 heavy (non-hydrogen) atoms. The van der Waals surface area contributed by atoms with Gasteiger partial charge in [0.2, 0.25) is 0 Å². The molecule has 184 valence electrons. The second-order valence-electron chi connectivity index (χ2n) is 9.58. The maximum Gasteiger partial charge on any atom is 0.410 e. The van der Waals surface area contributed by atoms with Crippen molar-refractivity contribution in [3.05, 3.63) is 45.3 Å². The lowest BCUT2D eigenvalue weighted by atomic mass is 10.0. The fraction of sp³-hybridized carbons (Fsp3) is 0.500. The monoisotopic (exact) mass is 507 g/mol. The Hall–Kier alpha value is -2.58. The minimum atomic E-state index is -0.577. The maximum absolute atomic E-state index is 13.5. The normalized spacial score (nSPS) is 14.4. The average molecular weight is 508 g/mol. The predicted molar refractivity (Wildman–Crippen MR) is 134 cm³/mol. The van der Waals surface area contributed by atoms with Crippen molar-refractivity contribution in [2.75, 3.05) is 31.5 Å². The van der Waals surface area contributed by atoms with Crippen molar-refractivity contribution < 1.29 is 14.3 Å². The zero-order chi connectivity index (χ0) is 25.2. The van der Waals surface area contributed by atoms with Gasteiger partial charge in [0.15, 0.2) is 0 Å². The highest BCUT2D eigenvalue weighted by atomic mass is 35.5. The lowest BCUT2D eigenvalue weighted by Crippen LogP contribution is -2.51. The second kappa shape index (κ2) is 10.4. The van der Waals surface area contributed by atoms with Gasteiger partial charge in [-0.1, -0.05) is 37.0 Å². The zero-order valence-electron chi connectivity index (χ0n) is 20.4. The SMILES string of the molecule is Cc1ccnc(C(C)C)c1Nc1nc(Cl)cc(Cl)c1C(=O)N1CCN(C(=O)OC(C)(C)C)CC1. The van der Waals surface area contributed by atoms with Crippen LogP contribution in [0.3, 0.4) is 0 Å². The summed E-state index contributed by atoms with van der Waals surface area (Å²) in [5.41, 5.74) is 2.23. The van der Waals surface area contributed by atoms with Crippen molar-refractivity contribution in [2.45, 2.75) is 53.1 Å². The number of rotatable bonds is 4. The van der Waals surface area contributed by atoms with Crippen molar-refractivity contribution in [1.82, 2.24) is 19.8 Å². The number of carbonyl (C=O) groups is 2. The summed E-state index contributed by atoms with van der Waals surface area (Å²) < 4.78 is 5.44. The van der Waals surface area contributed by atoms with Crippen LogP contribution in [0.1, 0.15) is 62.2 Å². The van der Waals surface area contributed by atoms with Crippen molar-refractivity contribution in [3.8, 4) is 0 Å². The third kappa shape index (κ3) is 6.10. The summed E-state index contributed by atoms with van der Waals surface area (Å²) in [4.78, 5) is 38.0. The molecule has 10 heteroatoms. The van der Waals surface area contributed by atoms with Crippen molar-refractivity contribution in [2.24, 2.45) is 0 Å². The van der Waals surface area contributed by atoms with Gasteiger partial charge in [-0.2, -0.15) is 0 Å². The molecule has 2 aromatic rings. The molecule has 1 fully saturated rings. The van der Waals surface area contributed by atoms with Crippen LogP contribution < -0.4 is 5.32 Å². The van der Waals surface area contributed by atoms with Gasteiger partial charge in [0.1, 0.15) is 22.1 Å². The highest BCUT2D eigenvalue weighted by molar-refractivity contribution is 6.37. The highest BCUT2D eigenvalue weighted by Gasteiger charge is 2.31. The third-order valence-corrected chi connectivity index (χ3v) is 5.84. The molecule has 3 rings (SSSR count). The van der Waals surface area contributed by atoms with E-state index in [1.54, 1.807) is 16.0 Å². The summed E-state index contributed by atoms with van der Waals surface area (Å²) >= 11 is 12.7. The van der Waals surface area contributed by atoms with Crippen molar-refractivity contribution in [1.29, 1.82) is 0 Å². The number of carbonyl (C=O) groups excluding carboxylic acids is 2. The lowest BCUT2D eigenvalue weighted by molar-refractivity contribution is 0.0141. The Morgan fingerprint density at radius 1 is 1.12 bits per heavy atom. The van der Waals surface area contributed by atoms with Crippen LogP contribution in [0.2, 0.25) is 10.2 Å². The minimum Gasteiger partial charge on any atom is -0.444 e. The Kier molecular flexibility index (Phi) is 7.93. The van der Waals surface area contributed by atoms with Gasteiger partial charge in [0.05, 0.1) is 16.4 Å². The first kappa shape index (κ1) is 26.0. The molecule has 0 unspecified atom stereocenters. The topological polar surface area (TPSA) is 87.7 Å². The molecule has 0 bridgehead atoms. The summed E-state index contributed by atoms with van der Waals surface area (Å²) in [6.07, 6.45) is 1.37. The van der Waals surface area contributed by atoms with E-state index in [1.807, 2.05) is 47.6 Å². The fourth-order valence-corrected chi connectivity index (χ4v) is 4.18. The summed E-state index contributed by atoms with van der Waals surface area (Å²) in [5, 5.41) is 3.65. The summed E-state index contributed by atoms with van der Waals surface area (Å²) in [7, 11) is 0. The molecule has 2 aromatic heterocycles. The van der Waals surface area contributed by atoms with Gasteiger partial charge in [0, 0.05) is 32.4 Å². The van der Waals surface area contributed by atoms with Gasteiger partial charge < -0.3 is 19.9 Å². The van der Waals surface area contributed by atoms with E-state index in [9.17, 15) is 9.59 Å². The molecule has 0 aliphatic carbocycles. The number of nitrogens with one attached hydrogen (secondary N) is 1. The molecular formula is C24H31Cl2N5O3. The molecule has 0 radical (unpaired) electrons. The van der Waals surface area contributed by atoms with Crippen LogP contribution in [0.5, 0.6) is 0 Å². The van der Waals surface area contributed by atoms with Crippen LogP contribution in [0, 0.1) is 6.92 Å². The Morgan fingerprint density at radius 3 is 2.32 bits per heavy atom. The Labute approximate surface area is 210 Å². The van der Waals surface area contributed by atoms with E-state index >= 15 is 0 Å². The largest absolute Gasteiger partial charge is 0.444 e. The maximum atomic E-state index is 13.5. The van der Waals surface area contributed by atoms with E-state index in [4.69, 9.17) is 27.9 Å². The quantitative estimate of drug-likeness (QED) is 0.537. The van der Waals surface area contributed by atoms with Crippen LogP contribution in [-0.2, 0) is 4.74 Å². The molecule has 8 nitrogen and oxygen atoms in total. The van der Waals surface area contributed by atoms with E-state index in [0.29, 0.717) is 26.2 Å². The Morgan fingerprint density at radius 2 is 1.74 bits per heavy atom. The number of aromatic nitrogens is 2. The molecule has 0 atom stereocenters. The summed E-state index contributed by atoms with van der Waals surface area (Å²) in [5.74, 6) is 0.139. The standard InChI is InChI=1S/C24H31Cl2N5O3/c1-14(2)19-20(15(3)7-8-27-19)29-21-18(16(25)13-17(26)28-21)22(32)30-9-11-31(12-10-30)23(33)34-24(4,5)6/h7-8,13-14H,9-12H2,1-6H3,(H,28,29). The number of pyridine rings is 2. The van der Waals surface area contributed by atoms with E-state index < -0.39 is 5.60 Å². The Bertz CT molecular complexity index is 1080. The Balaban J connectivity index is 1.85. The fourth-order valence-electron chi connectivity index (χ4n) is 3.65. The molecule has 0 aromatic carbocycles. The first-order valence-electron chi connectivity index (χ1n) is 11.2. The van der Waals surface area contributed by atoms with Crippen LogP contribution >= 0.6 is 23.2 Å². The minimum absolute atomic E-state index is 0.150. The van der Waals surface area contributed by atoms with Crippen LogP contribution in [0.4, 0.5) is 16.3 Å². The number of amides is 2. The van der Waals surface area contributed by atoms with Crippen molar-refractivity contribution in [3.63, 3.8) is 0 Å². The number of piperazine rings is 1. The van der Waals surface area contributed by atoms with Gasteiger partial charge in [-0.3, -0.25) is 9.78 Å². The number of halogens is 2. The first-order chi connectivity index (χ1) is 15.9. The average Bonchev–Trinajstić information content (AvgIpc) is 2.73. The molecule has 1 aliphatic rings. The van der Waals surface area contributed by atoms with Gasteiger partial charge >= 0.3 is 6.09 Å². The smallest absolute Gasteiger partial charge is 0.410 e. The number of nitrogens with zero attached hydrogens (tertiary/aromatic N) is 4. The van der Waals surface area contributed by atoms with Gasteiger partial charge in [-0.05, 0) is 51.3 Å².